The summed E-state index contributed by atoms with van der Waals surface area (Å²) in [6.45, 7) is 3.43. The first-order valence-corrected chi connectivity index (χ1v) is 13.1. The largest absolute Gasteiger partial charge is 0.493 e. The van der Waals surface area contributed by atoms with Crippen molar-refractivity contribution < 1.29 is 33.2 Å². The minimum atomic E-state index is -0.630. The molecule has 3 aliphatic rings. The summed E-state index contributed by atoms with van der Waals surface area (Å²) in [7, 11) is 4.70. The van der Waals surface area contributed by atoms with Crippen molar-refractivity contribution in [3.05, 3.63) is 76.2 Å². The van der Waals surface area contributed by atoms with Gasteiger partial charge in [-0.1, -0.05) is 6.07 Å². The molecular formula is C30H29N3O7. The van der Waals surface area contributed by atoms with E-state index in [9.17, 15) is 4.79 Å². The smallest absolute Gasteiger partial charge is 0.343 e. The van der Waals surface area contributed by atoms with E-state index in [0.717, 1.165) is 40.0 Å². The average Bonchev–Trinajstić information content (AvgIpc) is 3.67. The van der Waals surface area contributed by atoms with Crippen LogP contribution >= 0.6 is 0 Å². The van der Waals surface area contributed by atoms with Gasteiger partial charge in [-0.3, -0.25) is 4.90 Å². The van der Waals surface area contributed by atoms with Gasteiger partial charge in [0.25, 0.3) is 0 Å². The normalized spacial score (nSPS) is 19.4. The molecule has 0 bridgehead atoms. The number of ether oxygens (including phenoxy) is 6. The van der Waals surface area contributed by atoms with Crippen LogP contribution in [-0.2, 0) is 17.7 Å². The molecule has 0 unspecified atom stereocenters. The Hall–Kier alpha value is -4.44. The fraction of sp³-hybridized carbons (Fsp3) is 0.333. The topological polar surface area (TPSA) is 93.0 Å². The van der Waals surface area contributed by atoms with Gasteiger partial charge >= 0.3 is 5.97 Å². The minimum absolute atomic E-state index is 0.127. The second kappa shape index (κ2) is 9.34. The fourth-order valence-electron chi connectivity index (χ4n) is 6.20. The molecule has 0 N–H and O–H groups in total. The number of nitrogens with zero attached hydrogens (tertiary/aromatic N) is 3. The highest BCUT2D eigenvalue weighted by atomic mass is 16.7. The Kier molecular flexibility index (Phi) is 5.74. The highest BCUT2D eigenvalue weighted by Crippen LogP contribution is 2.55. The minimum Gasteiger partial charge on any atom is -0.493 e. The first-order chi connectivity index (χ1) is 19.5. The van der Waals surface area contributed by atoms with Crippen LogP contribution < -0.4 is 23.7 Å². The van der Waals surface area contributed by atoms with E-state index in [1.807, 2.05) is 35.0 Å². The van der Waals surface area contributed by atoms with Crippen molar-refractivity contribution in [2.45, 2.75) is 32.0 Å². The maximum Gasteiger partial charge on any atom is 0.343 e. The summed E-state index contributed by atoms with van der Waals surface area (Å²) in [4.78, 5) is 20.6. The van der Waals surface area contributed by atoms with Gasteiger partial charge in [0.2, 0.25) is 12.5 Å². The highest BCUT2D eigenvalue weighted by Gasteiger charge is 2.47. The maximum atomic E-state index is 13.4. The number of cyclic esters (lactones) is 1. The van der Waals surface area contributed by atoms with E-state index in [1.54, 1.807) is 14.2 Å². The molecule has 7 rings (SSSR count). The lowest BCUT2D eigenvalue weighted by Gasteiger charge is -2.40. The number of benzene rings is 2. The Balaban J connectivity index is 1.38. The molecule has 3 aliphatic heterocycles. The van der Waals surface area contributed by atoms with Gasteiger partial charge < -0.3 is 32.8 Å². The maximum absolute atomic E-state index is 13.4. The molecule has 5 heterocycles. The van der Waals surface area contributed by atoms with Gasteiger partial charge in [-0.05, 0) is 48.7 Å². The summed E-state index contributed by atoms with van der Waals surface area (Å²) in [5.74, 6) is 2.20. The second-order valence-corrected chi connectivity index (χ2v) is 10.2. The van der Waals surface area contributed by atoms with Gasteiger partial charge in [0, 0.05) is 36.6 Å². The molecule has 0 radical (unpaired) electrons. The number of carbonyl (C=O) groups is 1. The first kappa shape index (κ1) is 24.6. The van der Waals surface area contributed by atoms with Gasteiger partial charge in [-0.15, -0.1) is 0 Å². The third-order valence-corrected chi connectivity index (χ3v) is 7.95. The van der Waals surface area contributed by atoms with Gasteiger partial charge in [-0.25, -0.2) is 9.78 Å². The van der Waals surface area contributed by atoms with Gasteiger partial charge in [0.1, 0.15) is 17.3 Å². The number of methoxy groups -OCH3 is 3. The molecule has 10 nitrogen and oxygen atoms in total. The van der Waals surface area contributed by atoms with Crippen LogP contribution in [0.25, 0.3) is 5.65 Å². The molecular weight excluding hydrogens is 514 g/mol. The molecule has 2 aromatic carbocycles. The predicted molar refractivity (Wildman–Crippen MR) is 144 cm³/mol. The van der Waals surface area contributed by atoms with Gasteiger partial charge in [-0.2, -0.15) is 0 Å². The van der Waals surface area contributed by atoms with Crippen molar-refractivity contribution in [1.29, 1.82) is 0 Å². The Morgan fingerprint density at radius 2 is 1.90 bits per heavy atom. The standard InChI is InChI=1S/C30H29N3O7/c1-16-7-9-32-13-18(31-22(32)11-16)14-33-10-8-17-12-21-28(39-15-38-21)29(37-4)23(17)25(33)26-19-5-6-20(35-2)27(36-3)24(19)30(34)40-26/h5-7,9,11-13,25-26H,8,10,14-15H2,1-4H3/t25-,26+/m1/s1. The van der Waals surface area contributed by atoms with Crippen molar-refractivity contribution in [3.8, 4) is 28.7 Å². The average molecular weight is 544 g/mol. The van der Waals surface area contributed by atoms with Gasteiger partial charge in [0.05, 0.1) is 33.1 Å². The van der Waals surface area contributed by atoms with E-state index in [0.29, 0.717) is 47.4 Å². The molecule has 0 fully saturated rings. The molecule has 0 saturated carbocycles. The number of esters is 1. The summed E-state index contributed by atoms with van der Waals surface area (Å²) in [5.41, 5.74) is 6.04. The van der Waals surface area contributed by atoms with E-state index >= 15 is 0 Å². The highest BCUT2D eigenvalue weighted by molar-refractivity contribution is 5.98. The first-order valence-electron chi connectivity index (χ1n) is 13.1. The number of aryl methyl sites for hydroxylation is 1. The predicted octanol–water partition coefficient (Wildman–Crippen LogP) is 4.41. The van der Waals surface area contributed by atoms with Crippen molar-refractivity contribution in [1.82, 2.24) is 14.3 Å². The van der Waals surface area contributed by atoms with Crippen LogP contribution in [0.5, 0.6) is 28.7 Å². The number of rotatable bonds is 6. The quantitative estimate of drug-likeness (QED) is 0.328. The van der Waals surface area contributed by atoms with E-state index in [4.69, 9.17) is 33.4 Å². The second-order valence-electron chi connectivity index (χ2n) is 10.2. The number of hydrogen-bond acceptors (Lipinski definition) is 9. The lowest BCUT2D eigenvalue weighted by molar-refractivity contribution is 0.000279. The van der Waals surface area contributed by atoms with Crippen molar-refractivity contribution in [2.75, 3.05) is 34.7 Å². The Morgan fingerprint density at radius 1 is 1.05 bits per heavy atom. The zero-order valence-electron chi connectivity index (χ0n) is 22.7. The molecule has 10 heteroatoms. The SMILES string of the molecule is COc1ccc2c(c1OC)C(=O)O[C@@H]2[C@H]1c2c(cc3c(c2OC)OCO3)CCN1Cc1cn2ccc(C)cc2n1. The van der Waals surface area contributed by atoms with Crippen LogP contribution in [0.2, 0.25) is 0 Å². The van der Waals surface area contributed by atoms with Crippen LogP contribution in [0.3, 0.4) is 0 Å². The number of carbonyl (C=O) groups excluding carboxylic acids is 1. The molecule has 40 heavy (non-hydrogen) atoms. The molecule has 0 amide bonds. The summed E-state index contributed by atoms with van der Waals surface area (Å²) in [6.07, 6.45) is 4.18. The van der Waals surface area contributed by atoms with Crippen LogP contribution in [0.1, 0.15) is 50.5 Å². The summed E-state index contributed by atoms with van der Waals surface area (Å²) >= 11 is 0. The van der Waals surface area contributed by atoms with Crippen LogP contribution in [0, 0.1) is 6.92 Å². The number of aromatic nitrogens is 2. The van der Waals surface area contributed by atoms with Gasteiger partial charge in [0.15, 0.2) is 23.0 Å². The van der Waals surface area contributed by atoms with E-state index in [2.05, 4.69) is 24.0 Å². The molecule has 206 valence electrons. The van der Waals surface area contributed by atoms with Crippen LogP contribution in [0.15, 0.2) is 42.7 Å². The lowest BCUT2D eigenvalue weighted by Crippen LogP contribution is -2.38. The Bertz CT molecular complexity index is 1660. The molecule has 2 aromatic heterocycles. The third-order valence-electron chi connectivity index (χ3n) is 7.95. The summed E-state index contributed by atoms with van der Waals surface area (Å²) < 4.78 is 36.8. The molecule has 0 spiro atoms. The van der Waals surface area contributed by atoms with Crippen molar-refractivity contribution >= 4 is 11.6 Å². The zero-order chi connectivity index (χ0) is 27.5. The number of fused-ring (bicyclic) bond motifs is 4. The van der Waals surface area contributed by atoms with Crippen LogP contribution in [0.4, 0.5) is 0 Å². The lowest BCUT2D eigenvalue weighted by atomic mass is 9.85. The molecule has 2 atom stereocenters. The molecule has 0 saturated heterocycles. The number of pyridine rings is 1. The van der Waals surface area contributed by atoms with E-state index in [-0.39, 0.29) is 12.8 Å². The van der Waals surface area contributed by atoms with E-state index in [1.165, 1.54) is 7.11 Å². The summed E-state index contributed by atoms with van der Waals surface area (Å²) in [6, 6.07) is 9.44. The summed E-state index contributed by atoms with van der Waals surface area (Å²) in [5, 5.41) is 0. The third kappa shape index (κ3) is 3.66. The molecule has 0 aliphatic carbocycles. The number of imidazole rings is 1. The van der Waals surface area contributed by atoms with E-state index < -0.39 is 12.1 Å². The van der Waals surface area contributed by atoms with Crippen LogP contribution in [-0.4, -0.2) is 54.9 Å². The Labute approximate surface area is 230 Å². The van der Waals surface area contributed by atoms with Crippen molar-refractivity contribution in [2.24, 2.45) is 0 Å². The zero-order valence-corrected chi connectivity index (χ0v) is 22.7. The monoisotopic (exact) mass is 543 g/mol. The fourth-order valence-corrected chi connectivity index (χ4v) is 6.20. The Morgan fingerprint density at radius 3 is 2.70 bits per heavy atom. The van der Waals surface area contributed by atoms with Crippen molar-refractivity contribution in [3.63, 3.8) is 0 Å². The number of hydrogen-bond donors (Lipinski definition) is 0. The molecule has 4 aromatic rings.